The Hall–Kier alpha value is -2.62. The number of para-hydroxylation sites is 2. The van der Waals surface area contributed by atoms with Crippen LogP contribution in [0.3, 0.4) is 0 Å². The molecule has 0 aromatic heterocycles. The van der Waals surface area contributed by atoms with E-state index in [1.54, 1.807) is 18.7 Å². The summed E-state index contributed by atoms with van der Waals surface area (Å²) in [5.41, 5.74) is 3.83. The van der Waals surface area contributed by atoms with Crippen molar-refractivity contribution < 1.29 is 9.59 Å². The Bertz CT molecular complexity index is 855. The molecule has 2 aromatic rings. The third-order valence-electron chi connectivity index (χ3n) is 5.21. The fourth-order valence-corrected chi connectivity index (χ4v) is 3.46. The first-order valence-corrected chi connectivity index (χ1v) is 9.16. The van der Waals surface area contributed by atoms with Gasteiger partial charge in [-0.25, -0.2) is 0 Å². The van der Waals surface area contributed by atoms with Crippen molar-refractivity contribution in [2.45, 2.75) is 40.5 Å². The molecule has 1 aliphatic rings. The number of fused-ring (bicyclic) bond motifs is 1. The highest BCUT2D eigenvalue weighted by atomic mass is 16.2. The molecule has 2 amide bonds. The van der Waals surface area contributed by atoms with Crippen LogP contribution in [0.2, 0.25) is 0 Å². The van der Waals surface area contributed by atoms with Gasteiger partial charge in [0.05, 0.1) is 0 Å². The lowest BCUT2D eigenvalue weighted by Gasteiger charge is -2.29. The van der Waals surface area contributed by atoms with E-state index in [2.05, 4.69) is 12.2 Å². The molecule has 0 spiro atoms. The van der Waals surface area contributed by atoms with Gasteiger partial charge in [-0.1, -0.05) is 43.3 Å². The molecule has 0 bridgehead atoms. The quantitative estimate of drug-likeness (QED) is 0.844. The zero-order valence-electron chi connectivity index (χ0n) is 15.9. The molecular formula is C22H26N2O2. The van der Waals surface area contributed by atoms with Gasteiger partial charge in [0.1, 0.15) is 5.41 Å². The molecule has 136 valence electrons. The zero-order valence-corrected chi connectivity index (χ0v) is 15.9. The number of carbonyl (C=O) groups excluding carboxylic acids is 2. The fourth-order valence-electron chi connectivity index (χ4n) is 3.46. The van der Waals surface area contributed by atoms with Gasteiger partial charge in [0.25, 0.3) is 0 Å². The standard InChI is InChI=1S/C22H26N2O2/c1-5-16-11-8-9-15(2)19(16)23-20(25)22(3,4)21(26)24-14-13-17-10-6-7-12-18(17)24/h6-12H,5,13-14H2,1-4H3,(H,23,25). The van der Waals surface area contributed by atoms with Crippen LogP contribution in [0.5, 0.6) is 0 Å². The highest BCUT2D eigenvalue weighted by Gasteiger charge is 2.41. The maximum atomic E-state index is 13.2. The molecule has 0 atom stereocenters. The number of aryl methyl sites for hydroxylation is 2. The van der Waals surface area contributed by atoms with Crippen molar-refractivity contribution in [1.82, 2.24) is 0 Å². The minimum Gasteiger partial charge on any atom is -0.325 e. The van der Waals surface area contributed by atoms with Crippen molar-refractivity contribution in [3.8, 4) is 0 Å². The lowest BCUT2D eigenvalue weighted by atomic mass is 9.89. The van der Waals surface area contributed by atoms with E-state index in [0.717, 1.165) is 40.9 Å². The second-order valence-electron chi connectivity index (χ2n) is 7.38. The minimum absolute atomic E-state index is 0.161. The molecule has 1 N–H and O–H groups in total. The van der Waals surface area contributed by atoms with Gasteiger partial charge in [0, 0.05) is 17.9 Å². The van der Waals surface area contributed by atoms with E-state index < -0.39 is 5.41 Å². The second-order valence-corrected chi connectivity index (χ2v) is 7.38. The van der Waals surface area contributed by atoms with Gasteiger partial charge >= 0.3 is 0 Å². The van der Waals surface area contributed by atoms with Crippen LogP contribution in [0.15, 0.2) is 42.5 Å². The van der Waals surface area contributed by atoms with E-state index >= 15 is 0 Å². The summed E-state index contributed by atoms with van der Waals surface area (Å²) in [6.07, 6.45) is 1.66. The molecule has 4 heteroatoms. The van der Waals surface area contributed by atoms with Crippen LogP contribution in [0.25, 0.3) is 0 Å². The number of carbonyl (C=O) groups is 2. The zero-order chi connectivity index (χ0) is 18.9. The molecule has 0 aliphatic carbocycles. The molecule has 3 rings (SSSR count). The number of hydrogen-bond donors (Lipinski definition) is 1. The summed E-state index contributed by atoms with van der Waals surface area (Å²) in [6.45, 7) is 8.06. The Morgan fingerprint density at radius 2 is 1.85 bits per heavy atom. The van der Waals surface area contributed by atoms with Gasteiger partial charge in [0.15, 0.2) is 0 Å². The average Bonchev–Trinajstić information content (AvgIpc) is 3.06. The van der Waals surface area contributed by atoms with Crippen LogP contribution >= 0.6 is 0 Å². The van der Waals surface area contributed by atoms with Crippen LogP contribution < -0.4 is 10.2 Å². The first kappa shape index (κ1) is 18.2. The van der Waals surface area contributed by atoms with E-state index in [-0.39, 0.29) is 11.8 Å². The lowest BCUT2D eigenvalue weighted by Crippen LogP contribution is -2.47. The summed E-state index contributed by atoms with van der Waals surface area (Å²) in [4.78, 5) is 27.9. The molecule has 26 heavy (non-hydrogen) atoms. The molecule has 2 aromatic carbocycles. The largest absolute Gasteiger partial charge is 0.325 e. The highest BCUT2D eigenvalue weighted by Crippen LogP contribution is 2.33. The average molecular weight is 350 g/mol. The summed E-state index contributed by atoms with van der Waals surface area (Å²) < 4.78 is 0. The number of anilines is 2. The topological polar surface area (TPSA) is 49.4 Å². The molecule has 0 fully saturated rings. The Morgan fingerprint density at radius 3 is 2.58 bits per heavy atom. The van der Waals surface area contributed by atoms with E-state index in [1.165, 1.54) is 0 Å². The van der Waals surface area contributed by atoms with Gasteiger partial charge in [-0.05, 0) is 56.4 Å². The van der Waals surface area contributed by atoms with E-state index in [4.69, 9.17) is 0 Å². The molecule has 0 saturated heterocycles. The smallest absolute Gasteiger partial charge is 0.242 e. The summed E-state index contributed by atoms with van der Waals surface area (Å²) >= 11 is 0. The van der Waals surface area contributed by atoms with Crippen LogP contribution in [0, 0.1) is 12.3 Å². The van der Waals surface area contributed by atoms with Crippen molar-refractivity contribution in [3.05, 3.63) is 59.2 Å². The Labute approximate surface area is 155 Å². The van der Waals surface area contributed by atoms with Crippen molar-refractivity contribution in [2.75, 3.05) is 16.8 Å². The van der Waals surface area contributed by atoms with Gasteiger partial charge in [-0.3, -0.25) is 9.59 Å². The third-order valence-corrected chi connectivity index (χ3v) is 5.21. The molecular weight excluding hydrogens is 324 g/mol. The van der Waals surface area contributed by atoms with E-state index in [1.807, 2.05) is 49.4 Å². The van der Waals surface area contributed by atoms with Crippen molar-refractivity contribution >= 4 is 23.2 Å². The molecule has 4 nitrogen and oxygen atoms in total. The Morgan fingerprint density at radius 1 is 1.12 bits per heavy atom. The van der Waals surface area contributed by atoms with Gasteiger partial charge < -0.3 is 10.2 Å². The molecule has 0 unspecified atom stereocenters. The second kappa shape index (κ2) is 6.94. The first-order valence-electron chi connectivity index (χ1n) is 9.16. The number of benzene rings is 2. The maximum absolute atomic E-state index is 13.2. The van der Waals surface area contributed by atoms with Gasteiger partial charge in [0.2, 0.25) is 11.8 Å². The van der Waals surface area contributed by atoms with Gasteiger partial charge in [-0.2, -0.15) is 0 Å². The summed E-state index contributed by atoms with van der Waals surface area (Å²) in [5.74, 6) is -0.428. The summed E-state index contributed by atoms with van der Waals surface area (Å²) in [7, 11) is 0. The van der Waals surface area contributed by atoms with Gasteiger partial charge in [-0.15, -0.1) is 0 Å². The summed E-state index contributed by atoms with van der Waals surface area (Å²) in [5, 5.41) is 3.01. The van der Waals surface area contributed by atoms with E-state index in [0.29, 0.717) is 6.54 Å². The third kappa shape index (κ3) is 3.12. The number of hydrogen-bond acceptors (Lipinski definition) is 2. The van der Waals surface area contributed by atoms with Crippen molar-refractivity contribution in [1.29, 1.82) is 0 Å². The number of amides is 2. The van der Waals surface area contributed by atoms with Crippen molar-refractivity contribution in [3.63, 3.8) is 0 Å². The normalized spacial score (nSPS) is 13.5. The number of nitrogens with one attached hydrogen (secondary N) is 1. The Balaban J connectivity index is 1.84. The monoisotopic (exact) mass is 350 g/mol. The van der Waals surface area contributed by atoms with Crippen LogP contribution in [0.1, 0.15) is 37.5 Å². The fraction of sp³-hybridized carbons (Fsp3) is 0.364. The predicted octanol–water partition coefficient (Wildman–Crippen LogP) is 4.11. The molecule has 0 radical (unpaired) electrons. The number of rotatable bonds is 4. The van der Waals surface area contributed by atoms with Crippen LogP contribution in [0.4, 0.5) is 11.4 Å². The SMILES string of the molecule is CCc1cccc(C)c1NC(=O)C(C)(C)C(=O)N1CCc2ccccc21. The summed E-state index contributed by atoms with van der Waals surface area (Å²) in [6, 6.07) is 13.9. The minimum atomic E-state index is -1.15. The van der Waals surface area contributed by atoms with Crippen molar-refractivity contribution in [2.24, 2.45) is 5.41 Å². The Kier molecular flexibility index (Phi) is 4.86. The molecule has 1 heterocycles. The van der Waals surface area contributed by atoms with Crippen LogP contribution in [-0.4, -0.2) is 18.4 Å². The number of nitrogens with zero attached hydrogens (tertiary/aromatic N) is 1. The highest BCUT2D eigenvalue weighted by molar-refractivity contribution is 6.15. The lowest BCUT2D eigenvalue weighted by molar-refractivity contribution is -0.136. The molecule has 1 aliphatic heterocycles. The maximum Gasteiger partial charge on any atom is 0.242 e. The predicted molar refractivity (Wildman–Crippen MR) is 105 cm³/mol. The molecule has 0 saturated carbocycles. The van der Waals surface area contributed by atoms with E-state index in [9.17, 15) is 9.59 Å². The van der Waals surface area contributed by atoms with Crippen LogP contribution in [-0.2, 0) is 22.4 Å². The first-order chi connectivity index (χ1) is 12.4.